The first-order valence-corrected chi connectivity index (χ1v) is 7.42. The van der Waals surface area contributed by atoms with Crippen molar-refractivity contribution in [2.45, 2.75) is 13.3 Å². The number of hydrogen-bond donors (Lipinski definition) is 2. The lowest BCUT2D eigenvalue weighted by atomic mass is 10.4. The number of carbonyl (C=O) groups excluding carboxylic acids is 1. The maximum atomic E-state index is 12.2. The number of nitrogens with two attached hydrogens (primary N) is 1. The number of nitrogens with one attached hydrogen (secondary N) is 1. The topological polar surface area (TPSA) is 74.5 Å². The second-order valence-electron chi connectivity index (χ2n) is 4.67. The largest absolute Gasteiger partial charge is 0.382 e. The van der Waals surface area contributed by atoms with Crippen LogP contribution < -0.4 is 16.0 Å². The predicted octanol–water partition coefficient (Wildman–Crippen LogP) is 0.617. The molecule has 2 heterocycles. The normalized spacial score (nSPS) is 15.6. The Labute approximate surface area is 117 Å². The van der Waals surface area contributed by atoms with E-state index >= 15 is 0 Å². The van der Waals surface area contributed by atoms with Crippen LogP contribution in [0.5, 0.6) is 0 Å². The minimum Gasteiger partial charge on any atom is -0.382 e. The summed E-state index contributed by atoms with van der Waals surface area (Å²) in [6.07, 6.45) is 0.936. The Balaban J connectivity index is 2.13. The second-order valence-corrected chi connectivity index (χ2v) is 5.65. The van der Waals surface area contributed by atoms with Crippen molar-refractivity contribution in [3.63, 3.8) is 0 Å². The van der Waals surface area contributed by atoms with Crippen molar-refractivity contribution in [2.75, 3.05) is 50.4 Å². The zero-order valence-corrected chi connectivity index (χ0v) is 12.3. The molecule has 106 valence electrons. The van der Waals surface area contributed by atoms with Gasteiger partial charge >= 0.3 is 0 Å². The molecule has 0 saturated carbocycles. The molecule has 1 aromatic rings. The SMILES string of the molecule is CCCN(C)C(=O)c1sc(N2CCNCC2)nc1N. The fourth-order valence-corrected chi connectivity index (χ4v) is 3.11. The van der Waals surface area contributed by atoms with Crippen molar-refractivity contribution in [3.8, 4) is 0 Å². The Hall–Kier alpha value is -1.34. The lowest BCUT2D eigenvalue weighted by Gasteiger charge is -2.26. The van der Waals surface area contributed by atoms with Crippen LogP contribution in [0.4, 0.5) is 10.9 Å². The van der Waals surface area contributed by atoms with Crippen LogP contribution in [-0.2, 0) is 0 Å². The Morgan fingerprint density at radius 2 is 2.21 bits per heavy atom. The fraction of sp³-hybridized carbons (Fsp3) is 0.667. The molecule has 3 N–H and O–H groups in total. The molecular weight excluding hydrogens is 262 g/mol. The minimum absolute atomic E-state index is 0.0294. The molecule has 1 amide bonds. The molecular formula is C12H21N5OS. The Bertz CT molecular complexity index is 441. The summed E-state index contributed by atoms with van der Waals surface area (Å²) >= 11 is 1.40. The molecule has 7 heteroatoms. The molecule has 0 aromatic carbocycles. The quantitative estimate of drug-likeness (QED) is 0.847. The molecule has 0 aliphatic carbocycles. The number of thiazole rings is 1. The van der Waals surface area contributed by atoms with E-state index < -0.39 is 0 Å². The second kappa shape index (κ2) is 6.21. The van der Waals surface area contributed by atoms with Gasteiger partial charge in [-0.2, -0.15) is 0 Å². The van der Waals surface area contributed by atoms with Crippen LogP contribution >= 0.6 is 11.3 Å². The third kappa shape index (κ3) is 3.16. The highest BCUT2D eigenvalue weighted by Gasteiger charge is 2.22. The fourth-order valence-electron chi connectivity index (χ4n) is 2.08. The zero-order chi connectivity index (χ0) is 13.8. The van der Waals surface area contributed by atoms with E-state index in [1.807, 2.05) is 6.92 Å². The van der Waals surface area contributed by atoms with Gasteiger partial charge in [-0.15, -0.1) is 0 Å². The van der Waals surface area contributed by atoms with Gasteiger partial charge in [-0.3, -0.25) is 4.79 Å². The van der Waals surface area contributed by atoms with Crippen LogP contribution in [0.2, 0.25) is 0 Å². The van der Waals surface area contributed by atoms with E-state index in [9.17, 15) is 4.79 Å². The van der Waals surface area contributed by atoms with Gasteiger partial charge in [0.05, 0.1) is 0 Å². The molecule has 0 atom stereocenters. The Morgan fingerprint density at radius 3 is 2.84 bits per heavy atom. The third-order valence-electron chi connectivity index (χ3n) is 3.13. The van der Waals surface area contributed by atoms with E-state index in [1.54, 1.807) is 11.9 Å². The summed E-state index contributed by atoms with van der Waals surface area (Å²) in [6.45, 7) is 6.49. The van der Waals surface area contributed by atoms with E-state index in [2.05, 4.69) is 15.2 Å². The standard InChI is InChI=1S/C12H21N5OS/c1-3-6-16(2)11(18)9-10(13)15-12(19-9)17-7-4-14-5-8-17/h14H,3-8,13H2,1-2H3. The van der Waals surface area contributed by atoms with Gasteiger partial charge in [0.15, 0.2) is 5.13 Å². The first kappa shape index (κ1) is 14.1. The number of piperazine rings is 1. The van der Waals surface area contributed by atoms with Gasteiger partial charge in [0.25, 0.3) is 5.91 Å². The Morgan fingerprint density at radius 1 is 1.53 bits per heavy atom. The summed E-state index contributed by atoms with van der Waals surface area (Å²) in [4.78, 5) is 21.0. The van der Waals surface area contributed by atoms with Crippen molar-refractivity contribution in [1.29, 1.82) is 0 Å². The third-order valence-corrected chi connectivity index (χ3v) is 4.25. The van der Waals surface area contributed by atoms with Gasteiger partial charge in [-0.1, -0.05) is 18.3 Å². The molecule has 0 unspecified atom stereocenters. The van der Waals surface area contributed by atoms with Crippen LogP contribution in [0, 0.1) is 0 Å². The van der Waals surface area contributed by atoms with Gasteiger partial charge in [-0.25, -0.2) is 4.98 Å². The van der Waals surface area contributed by atoms with Crippen LogP contribution in [-0.4, -0.2) is 55.6 Å². The molecule has 1 aromatic heterocycles. The molecule has 0 radical (unpaired) electrons. The summed E-state index contributed by atoms with van der Waals surface area (Å²) in [5, 5.41) is 4.15. The molecule has 1 saturated heterocycles. The predicted molar refractivity (Wildman–Crippen MR) is 78.9 cm³/mol. The van der Waals surface area contributed by atoms with Crippen molar-refractivity contribution in [2.24, 2.45) is 0 Å². The maximum absolute atomic E-state index is 12.2. The average molecular weight is 283 g/mol. The summed E-state index contributed by atoms with van der Waals surface area (Å²) in [5.74, 6) is 0.324. The number of anilines is 2. The number of rotatable bonds is 4. The molecule has 1 aliphatic heterocycles. The van der Waals surface area contributed by atoms with E-state index in [0.717, 1.165) is 44.3 Å². The first-order valence-electron chi connectivity index (χ1n) is 6.61. The molecule has 1 fully saturated rings. The number of aromatic nitrogens is 1. The first-order chi connectivity index (χ1) is 9.13. The van der Waals surface area contributed by atoms with Gasteiger partial charge in [0.2, 0.25) is 0 Å². The smallest absolute Gasteiger partial charge is 0.267 e. The molecule has 0 bridgehead atoms. The van der Waals surface area contributed by atoms with Crippen LogP contribution in [0.25, 0.3) is 0 Å². The number of nitrogens with zero attached hydrogens (tertiary/aromatic N) is 3. The summed E-state index contributed by atoms with van der Waals surface area (Å²) < 4.78 is 0. The maximum Gasteiger partial charge on any atom is 0.267 e. The van der Waals surface area contributed by atoms with E-state index in [1.165, 1.54) is 11.3 Å². The highest BCUT2D eigenvalue weighted by Crippen LogP contribution is 2.29. The highest BCUT2D eigenvalue weighted by atomic mass is 32.1. The summed E-state index contributed by atoms with van der Waals surface area (Å²) in [5.41, 5.74) is 5.89. The van der Waals surface area contributed by atoms with Crippen molar-refractivity contribution < 1.29 is 4.79 Å². The highest BCUT2D eigenvalue weighted by molar-refractivity contribution is 7.18. The van der Waals surface area contributed by atoms with Crippen LogP contribution in [0.15, 0.2) is 0 Å². The van der Waals surface area contributed by atoms with Gasteiger partial charge < -0.3 is 20.9 Å². The van der Waals surface area contributed by atoms with Crippen LogP contribution in [0.3, 0.4) is 0 Å². The lowest BCUT2D eigenvalue weighted by Crippen LogP contribution is -2.43. The van der Waals surface area contributed by atoms with Gasteiger partial charge in [0.1, 0.15) is 10.7 Å². The summed E-state index contributed by atoms with van der Waals surface area (Å²) in [6, 6.07) is 0. The van der Waals surface area contributed by atoms with Crippen molar-refractivity contribution >= 4 is 28.2 Å². The van der Waals surface area contributed by atoms with Crippen molar-refractivity contribution in [1.82, 2.24) is 15.2 Å². The number of hydrogen-bond acceptors (Lipinski definition) is 6. The molecule has 1 aliphatic rings. The van der Waals surface area contributed by atoms with Crippen molar-refractivity contribution in [3.05, 3.63) is 4.88 Å². The van der Waals surface area contributed by atoms with E-state index in [-0.39, 0.29) is 5.91 Å². The Kier molecular flexibility index (Phi) is 4.60. The molecule has 19 heavy (non-hydrogen) atoms. The van der Waals surface area contributed by atoms with Gasteiger partial charge in [-0.05, 0) is 6.42 Å². The summed E-state index contributed by atoms with van der Waals surface area (Å²) in [7, 11) is 1.80. The number of amides is 1. The number of carbonyl (C=O) groups is 1. The van der Waals surface area contributed by atoms with E-state index in [4.69, 9.17) is 5.73 Å². The average Bonchev–Trinajstić information content (AvgIpc) is 2.81. The van der Waals surface area contributed by atoms with E-state index in [0.29, 0.717) is 10.7 Å². The number of nitrogen functional groups attached to an aromatic ring is 1. The lowest BCUT2D eigenvalue weighted by molar-refractivity contribution is 0.0800. The molecule has 6 nitrogen and oxygen atoms in total. The molecule has 2 rings (SSSR count). The minimum atomic E-state index is -0.0294. The zero-order valence-electron chi connectivity index (χ0n) is 11.5. The van der Waals surface area contributed by atoms with Gasteiger partial charge in [0, 0.05) is 39.8 Å². The van der Waals surface area contributed by atoms with Crippen LogP contribution in [0.1, 0.15) is 23.0 Å². The monoisotopic (exact) mass is 283 g/mol. The molecule has 0 spiro atoms.